The van der Waals surface area contributed by atoms with E-state index in [9.17, 15) is 20.2 Å². The molecule has 0 radical (unpaired) electrons. The number of non-ortho nitro benzene ring substituents is 1. The summed E-state index contributed by atoms with van der Waals surface area (Å²) in [6.07, 6.45) is 3.88. The standard InChI is InChI=1S/C21H17N5O3/c1-2-14-6-8-15(9-7-14)20-17(13-23-25-20)10-16(12-22)21(27)24-18-4-3-5-19(11-18)26(28)29/h3-11,13H,2H2,1H3,(H,23,25)(H,24,27)/b16-10+. The van der Waals surface area contributed by atoms with Gasteiger partial charge in [-0.2, -0.15) is 10.4 Å². The number of H-pyrrole nitrogens is 1. The predicted molar refractivity (Wildman–Crippen MR) is 109 cm³/mol. The Morgan fingerprint density at radius 2 is 2.07 bits per heavy atom. The second-order valence-corrected chi connectivity index (χ2v) is 6.18. The number of anilines is 1. The van der Waals surface area contributed by atoms with Crippen molar-refractivity contribution < 1.29 is 9.72 Å². The highest BCUT2D eigenvalue weighted by atomic mass is 16.6. The van der Waals surface area contributed by atoms with Crippen molar-refractivity contribution in [2.75, 3.05) is 5.32 Å². The fraction of sp³-hybridized carbons (Fsp3) is 0.0952. The number of carbonyl (C=O) groups excluding carboxylic acids is 1. The summed E-state index contributed by atoms with van der Waals surface area (Å²) in [5, 5.41) is 29.7. The lowest BCUT2D eigenvalue weighted by molar-refractivity contribution is -0.384. The number of benzene rings is 2. The highest BCUT2D eigenvalue weighted by Gasteiger charge is 2.14. The van der Waals surface area contributed by atoms with Crippen LogP contribution < -0.4 is 5.32 Å². The summed E-state index contributed by atoms with van der Waals surface area (Å²) in [5.41, 5.74) is 3.26. The number of nitrogens with zero attached hydrogens (tertiary/aromatic N) is 3. The minimum atomic E-state index is -0.665. The Morgan fingerprint density at radius 3 is 2.72 bits per heavy atom. The van der Waals surface area contributed by atoms with E-state index in [-0.39, 0.29) is 16.9 Å². The normalized spacial score (nSPS) is 11.0. The summed E-state index contributed by atoms with van der Waals surface area (Å²) in [6, 6.07) is 15.3. The summed E-state index contributed by atoms with van der Waals surface area (Å²) < 4.78 is 0. The fourth-order valence-corrected chi connectivity index (χ4v) is 2.74. The second-order valence-electron chi connectivity index (χ2n) is 6.18. The molecule has 0 bridgehead atoms. The van der Waals surface area contributed by atoms with Crippen molar-refractivity contribution in [3.8, 4) is 17.3 Å². The van der Waals surface area contributed by atoms with Crippen LogP contribution in [-0.2, 0) is 11.2 Å². The van der Waals surface area contributed by atoms with E-state index in [0.717, 1.165) is 12.0 Å². The van der Waals surface area contributed by atoms with Crippen LogP contribution in [0.4, 0.5) is 11.4 Å². The number of nitriles is 1. The Labute approximate surface area is 166 Å². The van der Waals surface area contributed by atoms with Crippen molar-refractivity contribution in [1.82, 2.24) is 10.2 Å². The van der Waals surface area contributed by atoms with Crippen LogP contribution in [0.15, 0.2) is 60.3 Å². The third kappa shape index (κ3) is 4.54. The largest absolute Gasteiger partial charge is 0.321 e. The van der Waals surface area contributed by atoms with E-state index in [1.807, 2.05) is 30.3 Å². The molecule has 2 N–H and O–H groups in total. The Kier molecular flexibility index (Phi) is 5.80. The quantitative estimate of drug-likeness (QED) is 0.285. The highest BCUT2D eigenvalue weighted by Crippen LogP contribution is 2.24. The molecular formula is C21H17N5O3. The fourth-order valence-electron chi connectivity index (χ4n) is 2.74. The van der Waals surface area contributed by atoms with Crippen LogP contribution >= 0.6 is 0 Å². The van der Waals surface area contributed by atoms with Crippen molar-refractivity contribution in [2.24, 2.45) is 0 Å². The van der Waals surface area contributed by atoms with Gasteiger partial charge in [0, 0.05) is 28.9 Å². The molecule has 8 nitrogen and oxygen atoms in total. The van der Waals surface area contributed by atoms with Crippen LogP contribution in [0.2, 0.25) is 0 Å². The summed E-state index contributed by atoms with van der Waals surface area (Å²) in [7, 11) is 0. The van der Waals surface area contributed by atoms with Crippen molar-refractivity contribution in [3.05, 3.63) is 81.5 Å². The van der Waals surface area contributed by atoms with Crippen LogP contribution in [-0.4, -0.2) is 21.0 Å². The maximum absolute atomic E-state index is 12.5. The van der Waals surface area contributed by atoms with Gasteiger partial charge in [-0.15, -0.1) is 0 Å². The molecule has 0 saturated carbocycles. The number of carbonyl (C=O) groups is 1. The van der Waals surface area contributed by atoms with Gasteiger partial charge in [-0.05, 0) is 24.1 Å². The Balaban J connectivity index is 1.86. The smallest absolute Gasteiger partial charge is 0.271 e. The van der Waals surface area contributed by atoms with Crippen LogP contribution in [0.3, 0.4) is 0 Å². The first-order valence-corrected chi connectivity index (χ1v) is 8.82. The van der Waals surface area contributed by atoms with Crippen molar-refractivity contribution >= 4 is 23.4 Å². The molecule has 0 aliphatic rings. The maximum atomic E-state index is 12.5. The van der Waals surface area contributed by atoms with Gasteiger partial charge in [0.25, 0.3) is 11.6 Å². The first-order valence-electron chi connectivity index (χ1n) is 8.82. The summed E-state index contributed by atoms with van der Waals surface area (Å²) in [6.45, 7) is 2.07. The minimum Gasteiger partial charge on any atom is -0.321 e. The molecule has 0 saturated heterocycles. The molecule has 8 heteroatoms. The van der Waals surface area contributed by atoms with Gasteiger partial charge in [0.2, 0.25) is 0 Å². The number of aromatic nitrogens is 2. The molecule has 1 heterocycles. The van der Waals surface area contributed by atoms with E-state index < -0.39 is 10.8 Å². The molecule has 0 aliphatic heterocycles. The maximum Gasteiger partial charge on any atom is 0.271 e. The molecule has 0 atom stereocenters. The predicted octanol–water partition coefficient (Wildman–Crippen LogP) is 4.09. The van der Waals surface area contributed by atoms with Gasteiger partial charge in [-0.3, -0.25) is 20.0 Å². The molecule has 1 amide bonds. The lowest BCUT2D eigenvalue weighted by Gasteiger charge is -2.05. The van der Waals surface area contributed by atoms with E-state index in [2.05, 4.69) is 22.4 Å². The van der Waals surface area contributed by atoms with Crippen LogP contribution in [0.25, 0.3) is 17.3 Å². The first kappa shape index (κ1) is 19.5. The number of nitro benzene ring substituents is 1. The van der Waals surface area contributed by atoms with E-state index >= 15 is 0 Å². The van der Waals surface area contributed by atoms with E-state index in [0.29, 0.717) is 11.3 Å². The summed E-state index contributed by atoms with van der Waals surface area (Å²) in [5.74, 6) is -0.665. The van der Waals surface area contributed by atoms with Gasteiger partial charge in [-0.25, -0.2) is 0 Å². The number of aryl methyl sites for hydroxylation is 1. The molecule has 3 rings (SSSR count). The second kappa shape index (κ2) is 8.63. The zero-order valence-electron chi connectivity index (χ0n) is 15.5. The topological polar surface area (TPSA) is 125 Å². The Morgan fingerprint density at radius 1 is 1.31 bits per heavy atom. The van der Waals surface area contributed by atoms with Gasteiger partial charge in [0.1, 0.15) is 11.6 Å². The third-order valence-corrected chi connectivity index (χ3v) is 4.30. The van der Waals surface area contributed by atoms with Crippen LogP contribution in [0, 0.1) is 21.4 Å². The van der Waals surface area contributed by atoms with Crippen LogP contribution in [0.1, 0.15) is 18.1 Å². The molecule has 0 unspecified atom stereocenters. The average molecular weight is 387 g/mol. The number of hydrogen-bond donors (Lipinski definition) is 2. The minimum absolute atomic E-state index is 0.149. The van der Waals surface area contributed by atoms with Crippen molar-refractivity contribution in [1.29, 1.82) is 5.26 Å². The molecule has 144 valence electrons. The number of nitro groups is 1. The van der Waals surface area contributed by atoms with Gasteiger partial charge < -0.3 is 5.32 Å². The van der Waals surface area contributed by atoms with Crippen molar-refractivity contribution in [3.63, 3.8) is 0 Å². The Hall–Kier alpha value is -4.25. The average Bonchev–Trinajstić information content (AvgIpc) is 3.20. The van der Waals surface area contributed by atoms with Gasteiger partial charge in [-0.1, -0.05) is 37.3 Å². The van der Waals surface area contributed by atoms with Crippen molar-refractivity contribution in [2.45, 2.75) is 13.3 Å². The number of rotatable bonds is 6. The van der Waals surface area contributed by atoms with E-state index in [4.69, 9.17) is 0 Å². The van der Waals surface area contributed by atoms with Gasteiger partial charge in [0.15, 0.2) is 0 Å². The van der Waals surface area contributed by atoms with Crippen LogP contribution in [0.5, 0.6) is 0 Å². The molecule has 3 aromatic rings. The SMILES string of the molecule is CCc1ccc(-c2[nH]ncc2/C=C(\C#N)C(=O)Nc2cccc([N+](=O)[O-])c2)cc1. The molecule has 29 heavy (non-hydrogen) atoms. The molecule has 0 fully saturated rings. The zero-order chi connectivity index (χ0) is 20.8. The lowest BCUT2D eigenvalue weighted by atomic mass is 10.0. The van der Waals surface area contributed by atoms with E-state index in [1.54, 1.807) is 0 Å². The molecule has 0 spiro atoms. The van der Waals surface area contributed by atoms with E-state index in [1.165, 1.54) is 42.1 Å². The third-order valence-electron chi connectivity index (χ3n) is 4.30. The number of aromatic amines is 1. The molecule has 0 aliphatic carbocycles. The lowest BCUT2D eigenvalue weighted by Crippen LogP contribution is -2.13. The summed E-state index contributed by atoms with van der Waals surface area (Å²) >= 11 is 0. The number of nitrogens with one attached hydrogen (secondary N) is 2. The van der Waals surface area contributed by atoms with Gasteiger partial charge in [0.05, 0.1) is 16.8 Å². The zero-order valence-corrected chi connectivity index (χ0v) is 15.5. The first-order chi connectivity index (χ1) is 14.0. The summed E-state index contributed by atoms with van der Waals surface area (Å²) in [4.78, 5) is 22.8. The molecule has 1 aromatic heterocycles. The monoisotopic (exact) mass is 387 g/mol. The Bertz CT molecular complexity index is 1120. The molecule has 2 aromatic carbocycles. The molecular weight excluding hydrogens is 370 g/mol. The number of amides is 1. The highest BCUT2D eigenvalue weighted by molar-refractivity contribution is 6.10. The number of hydrogen-bond acceptors (Lipinski definition) is 5. The van der Waals surface area contributed by atoms with Gasteiger partial charge >= 0.3 is 0 Å².